The van der Waals surface area contributed by atoms with E-state index in [0.717, 1.165) is 38.5 Å². The highest BCUT2D eigenvalue weighted by Crippen LogP contribution is 2.09. The van der Waals surface area contributed by atoms with Gasteiger partial charge in [-0.25, -0.2) is 4.79 Å². The van der Waals surface area contributed by atoms with Crippen LogP contribution in [0.15, 0.2) is 43.0 Å². The Balaban J connectivity index is 1.90. The number of carbonyl (C=O) groups excluding carboxylic acids is 3. The Morgan fingerprint density at radius 2 is 1.37 bits per heavy atom. The van der Waals surface area contributed by atoms with Crippen LogP contribution in [0.2, 0.25) is 0 Å². The number of rotatable bonds is 15. The average Bonchev–Trinajstić information content (AvgIpc) is 2.69. The van der Waals surface area contributed by atoms with Crippen molar-refractivity contribution in [1.29, 1.82) is 0 Å². The topological polar surface area (TPSA) is 69.7 Å². The van der Waals surface area contributed by atoms with E-state index in [1.165, 1.54) is 6.08 Å². The molecule has 5 nitrogen and oxygen atoms in total. The van der Waals surface area contributed by atoms with E-state index >= 15 is 0 Å². The average molecular weight is 374 g/mol. The van der Waals surface area contributed by atoms with Crippen molar-refractivity contribution >= 4 is 17.7 Å². The van der Waals surface area contributed by atoms with E-state index in [-0.39, 0.29) is 24.1 Å². The highest BCUT2D eigenvalue weighted by molar-refractivity contribution is 5.96. The first kappa shape index (κ1) is 22.6. The van der Waals surface area contributed by atoms with E-state index in [9.17, 15) is 14.4 Å². The predicted octanol–water partition coefficient (Wildman–Crippen LogP) is 4.65. The van der Waals surface area contributed by atoms with E-state index in [1.807, 2.05) is 18.2 Å². The number of carbonyl (C=O) groups is 3. The number of esters is 2. The molecule has 0 spiro atoms. The van der Waals surface area contributed by atoms with Crippen LogP contribution in [0.3, 0.4) is 0 Å². The highest BCUT2D eigenvalue weighted by atomic mass is 16.5. The number of hydrogen-bond acceptors (Lipinski definition) is 5. The van der Waals surface area contributed by atoms with Crippen molar-refractivity contribution in [3.05, 3.63) is 48.6 Å². The van der Waals surface area contributed by atoms with Gasteiger partial charge in [-0.2, -0.15) is 0 Å². The lowest BCUT2D eigenvalue weighted by Crippen LogP contribution is -2.07. The first-order valence-corrected chi connectivity index (χ1v) is 9.66. The number of Topliss-reactive ketones (excluding diaryl/α,β-unsaturated/α-hetero) is 1. The quantitative estimate of drug-likeness (QED) is 0.193. The van der Waals surface area contributed by atoms with Gasteiger partial charge in [0, 0.05) is 24.5 Å². The third-order valence-corrected chi connectivity index (χ3v) is 4.09. The molecular formula is C22H30O5. The fourth-order valence-corrected chi connectivity index (χ4v) is 2.56. The molecule has 0 atom stereocenters. The zero-order valence-electron chi connectivity index (χ0n) is 16.0. The first-order chi connectivity index (χ1) is 13.1. The second-order valence-corrected chi connectivity index (χ2v) is 6.36. The molecule has 0 heterocycles. The number of hydrogen-bond donors (Lipinski definition) is 0. The van der Waals surface area contributed by atoms with Crippen molar-refractivity contribution in [2.24, 2.45) is 0 Å². The molecule has 0 aliphatic heterocycles. The van der Waals surface area contributed by atoms with Crippen LogP contribution in [0.4, 0.5) is 0 Å². The molecule has 0 saturated heterocycles. The minimum absolute atomic E-state index is 0.0580. The first-order valence-electron chi connectivity index (χ1n) is 9.66. The second-order valence-electron chi connectivity index (χ2n) is 6.36. The molecule has 1 rings (SSSR count). The number of benzene rings is 1. The summed E-state index contributed by atoms with van der Waals surface area (Å²) in [5, 5.41) is 0. The Morgan fingerprint density at radius 1 is 0.778 bits per heavy atom. The van der Waals surface area contributed by atoms with Gasteiger partial charge in [0.15, 0.2) is 5.78 Å². The fourth-order valence-electron chi connectivity index (χ4n) is 2.56. The van der Waals surface area contributed by atoms with Crippen molar-refractivity contribution < 1.29 is 23.9 Å². The fraction of sp³-hybridized carbons (Fsp3) is 0.500. The van der Waals surface area contributed by atoms with Gasteiger partial charge in [0.05, 0.1) is 13.2 Å². The van der Waals surface area contributed by atoms with Gasteiger partial charge in [-0.05, 0) is 19.3 Å². The van der Waals surface area contributed by atoms with Crippen molar-refractivity contribution in [1.82, 2.24) is 0 Å². The Hall–Kier alpha value is -2.43. The lowest BCUT2D eigenvalue weighted by molar-refractivity contribution is -0.144. The van der Waals surface area contributed by atoms with E-state index in [0.29, 0.717) is 31.6 Å². The second kappa shape index (κ2) is 14.7. The molecule has 0 aliphatic rings. The minimum atomic E-state index is -0.374. The Morgan fingerprint density at radius 3 is 2.00 bits per heavy atom. The molecule has 0 aromatic heterocycles. The molecule has 27 heavy (non-hydrogen) atoms. The predicted molar refractivity (Wildman–Crippen MR) is 104 cm³/mol. The molecule has 0 fully saturated rings. The van der Waals surface area contributed by atoms with Gasteiger partial charge in [0.25, 0.3) is 0 Å². The molecule has 1 aromatic rings. The van der Waals surface area contributed by atoms with Gasteiger partial charge in [-0.1, -0.05) is 62.6 Å². The van der Waals surface area contributed by atoms with Gasteiger partial charge in [-0.3, -0.25) is 9.59 Å². The summed E-state index contributed by atoms with van der Waals surface area (Å²) in [6, 6.07) is 9.11. The molecule has 0 amide bonds. The lowest BCUT2D eigenvalue weighted by Gasteiger charge is -2.05. The van der Waals surface area contributed by atoms with Crippen LogP contribution < -0.4 is 0 Å². The van der Waals surface area contributed by atoms with Gasteiger partial charge < -0.3 is 9.47 Å². The van der Waals surface area contributed by atoms with Gasteiger partial charge in [-0.15, -0.1) is 0 Å². The van der Waals surface area contributed by atoms with Gasteiger partial charge in [0.2, 0.25) is 0 Å². The molecule has 0 radical (unpaired) electrons. The maximum atomic E-state index is 11.9. The van der Waals surface area contributed by atoms with Crippen LogP contribution in [0.25, 0.3) is 0 Å². The summed E-state index contributed by atoms with van der Waals surface area (Å²) in [4.78, 5) is 34.4. The molecule has 0 unspecified atom stereocenters. The van der Waals surface area contributed by atoms with Crippen molar-refractivity contribution in [3.63, 3.8) is 0 Å². The molecule has 5 heteroatoms. The summed E-state index contributed by atoms with van der Waals surface area (Å²) in [6.07, 6.45) is 8.19. The maximum Gasteiger partial charge on any atom is 0.330 e. The summed E-state index contributed by atoms with van der Waals surface area (Å²) < 4.78 is 10.1. The number of unbranched alkanes of at least 4 members (excludes halogenated alkanes) is 5. The van der Waals surface area contributed by atoms with Gasteiger partial charge >= 0.3 is 11.9 Å². The molecule has 0 saturated carbocycles. The van der Waals surface area contributed by atoms with E-state index in [4.69, 9.17) is 9.47 Å². The molecule has 1 aromatic carbocycles. The molecule has 0 aliphatic carbocycles. The van der Waals surface area contributed by atoms with E-state index in [2.05, 4.69) is 6.58 Å². The van der Waals surface area contributed by atoms with Crippen LogP contribution >= 0.6 is 0 Å². The minimum Gasteiger partial charge on any atom is -0.466 e. The molecule has 0 N–H and O–H groups in total. The SMILES string of the molecule is C=CC(=O)OCCCCCCCCOC(=O)CCCC(=O)c1ccccc1. The zero-order chi connectivity index (χ0) is 19.7. The van der Waals surface area contributed by atoms with Crippen molar-refractivity contribution in [2.75, 3.05) is 13.2 Å². The highest BCUT2D eigenvalue weighted by Gasteiger charge is 2.08. The Labute approximate surface area is 161 Å². The maximum absolute atomic E-state index is 11.9. The van der Waals surface area contributed by atoms with Crippen molar-refractivity contribution in [2.45, 2.75) is 57.8 Å². The number of ether oxygens (including phenoxy) is 2. The standard InChI is InChI=1S/C22H30O5/c1-2-21(24)26-17-10-5-3-4-6-11-18-27-22(25)16-12-15-20(23)19-13-8-7-9-14-19/h2,7-9,13-14H,1,3-6,10-12,15-18H2. The normalized spacial score (nSPS) is 10.2. The van der Waals surface area contributed by atoms with Crippen LogP contribution in [-0.4, -0.2) is 30.9 Å². The molecule has 148 valence electrons. The van der Waals surface area contributed by atoms with Gasteiger partial charge in [0.1, 0.15) is 0 Å². The summed E-state index contributed by atoms with van der Waals surface area (Å²) in [7, 11) is 0. The smallest absolute Gasteiger partial charge is 0.330 e. The zero-order valence-corrected chi connectivity index (χ0v) is 16.0. The van der Waals surface area contributed by atoms with Crippen LogP contribution in [-0.2, 0) is 19.1 Å². The lowest BCUT2D eigenvalue weighted by atomic mass is 10.1. The monoisotopic (exact) mass is 374 g/mol. The molecule has 0 bridgehead atoms. The van der Waals surface area contributed by atoms with E-state index < -0.39 is 0 Å². The molecular weight excluding hydrogens is 344 g/mol. The largest absolute Gasteiger partial charge is 0.466 e. The Kier molecular flexibility index (Phi) is 12.3. The number of ketones is 1. The summed E-state index contributed by atoms with van der Waals surface area (Å²) in [6.45, 7) is 4.21. The van der Waals surface area contributed by atoms with Crippen molar-refractivity contribution in [3.8, 4) is 0 Å². The van der Waals surface area contributed by atoms with Crippen LogP contribution in [0.1, 0.15) is 68.1 Å². The summed E-state index contributed by atoms with van der Waals surface area (Å²) in [5.74, 6) is -0.552. The van der Waals surface area contributed by atoms with E-state index in [1.54, 1.807) is 12.1 Å². The summed E-state index contributed by atoms with van der Waals surface area (Å²) in [5.41, 5.74) is 0.685. The third kappa shape index (κ3) is 11.7. The Bertz CT molecular complexity index is 580. The van der Waals surface area contributed by atoms with Crippen LogP contribution in [0.5, 0.6) is 0 Å². The van der Waals surface area contributed by atoms with Crippen LogP contribution in [0, 0.1) is 0 Å². The summed E-state index contributed by atoms with van der Waals surface area (Å²) >= 11 is 0. The third-order valence-electron chi connectivity index (χ3n) is 4.09.